The lowest BCUT2D eigenvalue weighted by Crippen LogP contribution is -2.12. The van der Waals surface area contributed by atoms with E-state index < -0.39 is 21.7 Å². The standard InChI is InChI=1S/C23H17N5O6/c29-22(14-8-16-4-10-18(11-5-16)27(31)32)25-20-2-1-3-21(24-20)26-23(30)15-9-17-6-12-19(13-7-17)28(33)34/h1-15H,(H2,24,25,26,29,30)/b14-8+,15-9+. The summed E-state index contributed by atoms with van der Waals surface area (Å²) in [6, 6.07) is 16.1. The van der Waals surface area contributed by atoms with Crippen molar-refractivity contribution in [3.63, 3.8) is 0 Å². The summed E-state index contributed by atoms with van der Waals surface area (Å²) in [5.74, 6) is -0.550. The van der Waals surface area contributed by atoms with Crippen LogP contribution in [0.3, 0.4) is 0 Å². The number of benzene rings is 2. The molecule has 2 aromatic carbocycles. The van der Waals surface area contributed by atoms with Crippen molar-refractivity contribution in [2.75, 3.05) is 10.6 Å². The van der Waals surface area contributed by atoms with Crippen molar-refractivity contribution in [3.8, 4) is 0 Å². The van der Waals surface area contributed by atoms with Gasteiger partial charge >= 0.3 is 0 Å². The number of carbonyl (C=O) groups excluding carboxylic acids is 2. The molecule has 0 aliphatic heterocycles. The number of nitrogens with zero attached hydrogens (tertiary/aromatic N) is 3. The first-order valence-electron chi connectivity index (χ1n) is 9.74. The maximum absolute atomic E-state index is 12.1. The van der Waals surface area contributed by atoms with E-state index >= 15 is 0 Å². The molecule has 0 saturated heterocycles. The fourth-order valence-corrected chi connectivity index (χ4v) is 2.67. The highest BCUT2D eigenvalue weighted by molar-refractivity contribution is 6.03. The minimum atomic E-state index is -0.511. The Morgan fingerprint density at radius 3 is 1.41 bits per heavy atom. The molecule has 3 aromatic rings. The Morgan fingerprint density at radius 2 is 1.06 bits per heavy atom. The van der Waals surface area contributed by atoms with Crippen molar-refractivity contribution in [1.29, 1.82) is 0 Å². The number of rotatable bonds is 8. The predicted octanol–water partition coefficient (Wildman–Crippen LogP) is 4.20. The van der Waals surface area contributed by atoms with Crippen LogP contribution in [0, 0.1) is 20.2 Å². The maximum atomic E-state index is 12.1. The molecule has 2 N–H and O–H groups in total. The van der Waals surface area contributed by atoms with Crippen molar-refractivity contribution in [2.24, 2.45) is 0 Å². The third-order valence-corrected chi connectivity index (χ3v) is 4.31. The van der Waals surface area contributed by atoms with Gasteiger partial charge in [-0.15, -0.1) is 0 Å². The Balaban J connectivity index is 1.56. The first-order chi connectivity index (χ1) is 16.3. The second-order valence-electron chi connectivity index (χ2n) is 6.75. The third kappa shape index (κ3) is 6.92. The van der Waals surface area contributed by atoms with Gasteiger partial charge in [0.25, 0.3) is 11.4 Å². The molecule has 170 valence electrons. The number of carbonyl (C=O) groups is 2. The van der Waals surface area contributed by atoms with Crippen LogP contribution >= 0.6 is 0 Å². The van der Waals surface area contributed by atoms with Crippen molar-refractivity contribution in [2.45, 2.75) is 0 Å². The van der Waals surface area contributed by atoms with E-state index in [1.807, 2.05) is 0 Å². The average molecular weight is 459 g/mol. The van der Waals surface area contributed by atoms with E-state index in [1.165, 1.54) is 72.8 Å². The summed E-state index contributed by atoms with van der Waals surface area (Å²) in [5, 5.41) is 26.5. The van der Waals surface area contributed by atoms with E-state index in [1.54, 1.807) is 18.2 Å². The fraction of sp³-hybridized carbons (Fsp3) is 0. The Bertz CT molecular complexity index is 1190. The van der Waals surface area contributed by atoms with Crippen LogP contribution in [0.4, 0.5) is 23.0 Å². The summed E-state index contributed by atoms with van der Waals surface area (Å²) in [6.07, 6.45) is 5.49. The van der Waals surface area contributed by atoms with Gasteiger partial charge < -0.3 is 10.6 Å². The molecule has 0 aliphatic rings. The first kappa shape index (κ1) is 23.5. The number of non-ortho nitro benzene ring substituents is 2. The average Bonchev–Trinajstić information content (AvgIpc) is 2.82. The lowest BCUT2D eigenvalue weighted by atomic mass is 10.2. The van der Waals surface area contributed by atoms with E-state index in [0.29, 0.717) is 11.1 Å². The molecule has 11 nitrogen and oxygen atoms in total. The molecule has 0 spiro atoms. The van der Waals surface area contributed by atoms with Gasteiger partial charge in [0.15, 0.2) is 0 Å². The normalized spacial score (nSPS) is 10.8. The van der Waals surface area contributed by atoms with Crippen LogP contribution < -0.4 is 10.6 Å². The van der Waals surface area contributed by atoms with Gasteiger partial charge in [-0.25, -0.2) is 4.98 Å². The topological polar surface area (TPSA) is 157 Å². The number of pyridine rings is 1. The molecule has 0 atom stereocenters. The summed E-state index contributed by atoms with van der Waals surface area (Å²) in [5.41, 5.74) is 1.11. The number of anilines is 2. The largest absolute Gasteiger partial charge is 0.307 e. The monoisotopic (exact) mass is 459 g/mol. The van der Waals surface area contributed by atoms with Crippen molar-refractivity contribution >= 4 is 47.0 Å². The van der Waals surface area contributed by atoms with Gasteiger partial charge in [0.05, 0.1) is 9.85 Å². The smallest absolute Gasteiger partial charge is 0.269 e. The third-order valence-electron chi connectivity index (χ3n) is 4.31. The van der Waals surface area contributed by atoms with Gasteiger partial charge in [-0.05, 0) is 59.7 Å². The summed E-state index contributed by atoms with van der Waals surface area (Å²) in [7, 11) is 0. The van der Waals surface area contributed by atoms with Crippen LogP contribution in [-0.4, -0.2) is 26.6 Å². The molecule has 0 unspecified atom stereocenters. The lowest BCUT2D eigenvalue weighted by molar-refractivity contribution is -0.385. The molecule has 2 amide bonds. The fourth-order valence-electron chi connectivity index (χ4n) is 2.67. The van der Waals surface area contributed by atoms with Crippen molar-refractivity contribution in [3.05, 3.63) is 110 Å². The SMILES string of the molecule is O=C(/C=C/c1ccc([N+](=O)[O-])cc1)Nc1cccc(NC(=O)/C=C/c2ccc([N+](=O)[O-])cc2)n1. The summed E-state index contributed by atoms with van der Waals surface area (Å²) >= 11 is 0. The molecule has 11 heteroatoms. The number of nitrogens with one attached hydrogen (secondary N) is 2. The van der Waals surface area contributed by atoms with Crippen LogP contribution in [0.2, 0.25) is 0 Å². The highest BCUT2D eigenvalue weighted by Crippen LogP contribution is 2.15. The number of hydrogen-bond donors (Lipinski definition) is 2. The second-order valence-corrected chi connectivity index (χ2v) is 6.75. The quantitative estimate of drug-likeness (QED) is 0.290. The van der Waals surface area contributed by atoms with Crippen molar-refractivity contribution < 1.29 is 19.4 Å². The second kappa shape index (κ2) is 10.9. The van der Waals surface area contributed by atoms with Gasteiger partial charge in [-0.1, -0.05) is 6.07 Å². The minimum Gasteiger partial charge on any atom is -0.307 e. The molecule has 0 bridgehead atoms. The molecular formula is C23H17N5O6. The van der Waals surface area contributed by atoms with Gasteiger partial charge in [0.2, 0.25) is 11.8 Å². The number of hydrogen-bond acceptors (Lipinski definition) is 7. The summed E-state index contributed by atoms with van der Waals surface area (Å²) < 4.78 is 0. The van der Waals surface area contributed by atoms with E-state index in [9.17, 15) is 29.8 Å². The van der Waals surface area contributed by atoms with E-state index in [0.717, 1.165) is 0 Å². The van der Waals surface area contributed by atoms with Gasteiger partial charge in [0.1, 0.15) is 11.6 Å². The Hall–Kier alpha value is -5.19. The zero-order chi connectivity index (χ0) is 24.5. The summed E-state index contributed by atoms with van der Waals surface area (Å²) in [4.78, 5) is 48.7. The Morgan fingerprint density at radius 1 is 0.676 bits per heavy atom. The molecule has 1 heterocycles. The molecular weight excluding hydrogens is 442 g/mol. The molecule has 0 fully saturated rings. The van der Waals surface area contributed by atoms with E-state index in [2.05, 4.69) is 15.6 Å². The zero-order valence-electron chi connectivity index (χ0n) is 17.5. The zero-order valence-corrected chi connectivity index (χ0v) is 17.5. The van der Waals surface area contributed by atoms with E-state index in [4.69, 9.17) is 0 Å². The summed E-state index contributed by atoms with van der Waals surface area (Å²) in [6.45, 7) is 0. The van der Waals surface area contributed by atoms with Crippen LogP contribution in [-0.2, 0) is 9.59 Å². The van der Waals surface area contributed by atoms with Crippen LogP contribution in [0.1, 0.15) is 11.1 Å². The van der Waals surface area contributed by atoms with Crippen molar-refractivity contribution in [1.82, 2.24) is 4.98 Å². The Labute approximate surface area is 192 Å². The van der Waals surface area contributed by atoms with Gasteiger partial charge in [-0.2, -0.15) is 0 Å². The van der Waals surface area contributed by atoms with Crippen LogP contribution in [0.5, 0.6) is 0 Å². The number of nitro groups is 2. The number of amides is 2. The molecule has 0 radical (unpaired) electrons. The predicted molar refractivity (Wildman–Crippen MR) is 126 cm³/mol. The Kier molecular flexibility index (Phi) is 7.53. The van der Waals surface area contributed by atoms with Gasteiger partial charge in [0, 0.05) is 36.4 Å². The van der Waals surface area contributed by atoms with E-state index in [-0.39, 0.29) is 23.0 Å². The highest BCUT2D eigenvalue weighted by Gasteiger charge is 2.06. The molecule has 34 heavy (non-hydrogen) atoms. The molecule has 1 aromatic heterocycles. The minimum absolute atomic E-state index is 0.0488. The molecule has 0 aliphatic carbocycles. The number of aromatic nitrogens is 1. The molecule has 3 rings (SSSR count). The maximum Gasteiger partial charge on any atom is 0.269 e. The lowest BCUT2D eigenvalue weighted by Gasteiger charge is -2.05. The van der Waals surface area contributed by atoms with Gasteiger partial charge in [-0.3, -0.25) is 29.8 Å². The number of nitro benzene ring substituents is 2. The van der Waals surface area contributed by atoms with Crippen LogP contribution in [0.25, 0.3) is 12.2 Å². The van der Waals surface area contributed by atoms with Crippen LogP contribution in [0.15, 0.2) is 78.9 Å². The molecule has 0 saturated carbocycles. The highest BCUT2D eigenvalue weighted by atomic mass is 16.6. The first-order valence-corrected chi connectivity index (χ1v) is 9.74.